The predicted octanol–water partition coefficient (Wildman–Crippen LogP) is 4.10. The maximum absolute atomic E-state index is 6.24. The van der Waals surface area contributed by atoms with Gasteiger partial charge in [0.2, 0.25) is 0 Å². The zero-order valence-corrected chi connectivity index (χ0v) is 10.3. The van der Waals surface area contributed by atoms with E-state index in [0.29, 0.717) is 5.92 Å². The van der Waals surface area contributed by atoms with Crippen LogP contribution in [0.25, 0.3) is 0 Å². The van der Waals surface area contributed by atoms with Crippen LogP contribution in [0.4, 0.5) is 0 Å². The zero-order chi connectivity index (χ0) is 11.0. The molecule has 1 aliphatic heterocycles. The Morgan fingerprint density at radius 3 is 2.80 bits per heavy atom. The monoisotopic (exact) mass is 224 g/mol. The normalized spacial score (nSPS) is 15.0. The number of hydrogen-bond donors (Lipinski definition) is 0. The Hall–Kier alpha value is -0.690. The van der Waals surface area contributed by atoms with Gasteiger partial charge in [-0.25, -0.2) is 0 Å². The fourth-order valence-corrected chi connectivity index (χ4v) is 2.57. The van der Waals surface area contributed by atoms with Crippen molar-refractivity contribution in [3.05, 3.63) is 27.8 Å². The molecule has 0 amide bonds. The predicted molar refractivity (Wildman–Crippen MR) is 64.1 cm³/mol. The molecule has 2 rings (SSSR count). The third-order valence-electron chi connectivity index (χ3n) is 3.10. The standard InChI is InChI=1S/C13H17ClO/c1-8(2)11-7-12(14)13-10(9(11)3)5-4-6-15-13/h7-8H,4-6H2,1-3H3. The topological polar surface area (TPSA) is 9.23 Å². The SMILES string of the molecule is Cc1c(C(C)C)cc(Cl)c2c1CCCO2. The Bertz CT molecular complexity index is 383. The van der Waals surface area contributed by atoms with Crippen LogP contribution >= 0.6 is 11.6 Å². The molecular formula is C13H17ClO. The molecule has 1 aliphatic rings. The first-order valence-corrected chi connectivity index (χ1v) is 5.93. The highest BCUT2D eigenvalue weighted by molar-refractivity contribution is 6.32. The molecule has 0 N–H and O–H groups in total. The molecule has 1 nitrogen and oxygen atoms in total. The quantitative estimate of drug-likeness (QED) is 0.698. The molecule has 0 saturated heterocycles. The molecule has 1 aromatic carbocycles. The number of fused-ring (bicyclic) bond motifs is 1. The Morgan fingerprint density at radius 1 is 1.40 bits per heavy atom. The smallest absolute Gasteiger partial charge is 0.141 e. The summed E-state index contributed by atoms with van der Waals surface area (Å²) in [4.78, 5) is 0. The Morgan fingerprint density at radius 2 is 2.13 bits per heavy atom. The first-order chi connectivity index (χ1) is 7.11. The van der Waals surface area contributed by atoms with E-state index in [9.17, 15) is 0 Å². The Balaban J connectivity index is 2.59. The third-order valence-corrected chi connectivity index (χ3v) is 3.38. The van der Waals surface area contributed by atoms with E-state index >= 15 is 0 Å². The molecular weight excluding hydrogens is 208 g/mol. The van der Waals surface area contributed by atoms with Crippen LogP contribution in [0.15, 0.2) is 6.07 Å². The van der Waals surface area contributed by atoms with Crippen molar-refractivity contribution in [3.8, 4) is 5.75 Å². The second kappa shape index (κ2) is 4.05. The van der Waals surface area contributed by atoms with Crippen LogP contribution in [0.2, 0.25) is 5.02 Å². The lowest BCUT2D eigenvalue weighted by molar-refractivity contribution is 0.288. The number of ether oxygens (including phenoxy) is 1. The molecule has 0 spiro atoms. The van der Waals surface area contributed by atoms with Crippen molar-refractivity contribution in [2.45, 2.75) is 39.5 Å². The summed E-state index contributed by atoms with van der Waals surface area (Å²) in [6, 6.07) is 2.06. The van der Waals surface area contributed by atoms with Crippen LogP contribution in [-0.4, -0.2) is 6.61 Å². The van der Waals surface area contributed by atoms with Gasteiger partial charge in [0, 0.05) is 0 Å². The van der Waals surface area contributed by atoms with Crippen molar-refractivity contribution in [1.82, 2.24) is 0 Å². The summed E-state index contributed by atoms with van der Waals surface area (Å²) in [5, 5.41) is 0.777. The van der Waals surface area contributed by atoms with E-state index < -0.39 is 0 Å². The maximum Gasteiger partial charge on any atom is 0.141 e. The first kappa shape index (κ1) is 10.8. The minimum atomic E-state index is 0.523. The van der Waals surface area contributed by atoms with Gasteiger partial charge in [-0.05, 0) is 48.4 Å². The molecule has 0 bridgehead atoms. The average molecular weight is 225 g/mol. The van der Waals surface area contributed by atoms with Crippen LogP contribution in [-0.2, 0) is 6.42 Å². The molecule has 0 radical (unpaired) electrons. The van der Waals surface area contributed by atoms with Crippen LogP contribution in [0, 0.1) is 6.92 Å². The third kappa shape index (κ3) is 1.85. The van der Waals surface area contributed by atoms with Crippen LogP contribution in [0.5, 0.6) is 5.75 Å². The molecule has 15 heavy (non-hydrogen) atoms. The summed E-state index contributed by atoms with van der Waals surface area (Å²) < 4.78 is 5.64. The second-order valence-electron chi connectivity index (χ2n) is 4.49. The molecule has 1 aromatic rings. The summed E-state index contributed by atoms with van der Waals surface area (Å²) in [5.41, 5.74) is 4.03. The van der Waals surface area contributed by atoms with Crippen LogP contribution < -0.4 is 4.74 Å². The van der Waals surface area contributed by atoms with Crippen molar-refractivity contribution in [2.24, 2.45) is 0 Å². The average Bonchev–Trinajstić information content (AvgIpc) is 2.23. The highest BCUT2D eigenvalue weighted by Gasteiger charge is 2.19. The minimum absolute atomic E-state index is 0.523. The highest BCUT2D eigenvalue weighted by atomic mass is 35.5. The van der Waals surface area contributed by atoms with Crippen molar-refractivity contribution in [3.63, 3.8) is 0 Å². The lowest BCUT2D eigenvalue weighted by Crippen LogP contribution is -2.12. The Labute approximate surface area is 96.4 Å². The van der Waals surface area contributed by atoms with Gasteiger partial charge in [-0.15, -0.1) is 0 Å². The number of halogens is 1. The molecule has 0 atom stereocenters. The summed E-state index contributed by atoms with van der Waals surface area (Å²) >= 11 is 6.24. The van der Waals surface area contributed by atoms with Gasteiger partial charge in [0.15, 0.2) is 0 Å². The lowest BCUT2D eigenvalue weighted by atomic mass is 9.91. The van der Waals surface area contributed by atoms with Crippen LogP contribution in [0.1, 0.15) is 42.9 Å². The summed E-state index contributed by atoms with van der Waals surface area (Å²) in [6.07, 6.45) is 2.20. The van der Waals surface area contributed by atoms with Gasteiger partial charge >= 0.3 is 0 Å². The van der Waals surface area contributed by atoms with Gasteiger partial charge in [-0.2, -0.15) is 0 Å². The minimum Gasteiger partial charge on any atom is -0.492 e. The van der Waals surface area contributed by atoms with Gasteiger partial charge in [0.1, 0.15) is 5.75 Å². The van der Waals surface area contributed by atoms with E-state index in [4.69, 9.17) is 16.3 Å². The molecule has 0 fully saturated rings. The van der Waals surface area contributed by atoms with Gasteiger partial charge in [0.05, 0.1) is 11.6 Å². The molecule has 82 valence electrons. The lowest BCUT2D eigenvalue weighted by Gasteiger charge is -2.23. The van der Waals surface area contributed by atoms with E-state index in [1.165, 1.54) is 16.7 Å². The Kier molecular flexibility index (Phi) is 2.92. The summed E-state index contributed by atoms with van der Waals surface area (Å²) in [6.45, 7) is 7.38. The fourth-order valence-electron chi connectivity index (χ4n) is 2.28. The molecule has 1 heterocycles. The van der Waals surface area contributed by atoms with Crippen molar-refractivity contribution in [1.29, 1.82) is 0 Å². The highest BCUT2D eigenvalue weighted by Crippen LogP contribution is 2.38. The van der Waals surface area contributed by atoms with Crippen molar-refractivity contribution >= 4 is 11.6 Å². The molecule has 0 aromatic heterocycles. The van der Waals surface area contributed by atoms with Crippen LogP contribution in [0.3, 0.4) is 0 Å². The van der Waals surface area contributed by atoms with Crippen molar-refractivity contribution < 1.29 is 4.74 Å². The summed E-state index contributed by atoms with van der Waals surface area (Å²) in [7, 11) is 0. The molecule has 0 unspecified atom stereocenters. The van der Waals surface area contributed by atoms with Crippen molar-refractivity contribution in [2.75, 3.05) is 6.61 Å². The van der Waals surface area contributed by atoms with Gasteiger partial charge < -0.3 is 4.74 Å². The number of hydrogen-bond acceptors (Lipinski definition) is 1. The van der Waals surface area contributed by atoms with Gasteiger partial charge in [-0.3, -0.25) is 0 Å². The molecule has 0 aliphatic carbocycles. The second-order valence-corrected chi connectivity index (χ2v) is 4.89. The number of benzene rings is 1. The zero-order valence-electron chi connectivity index (χ0n) is 9.56. The number of rotatable bonds is 1. The van der Waals surface area contributed by atoms with E-state index in [1.807, 2.05) is 0 Å². The van der Waals surface area contributed by atoms with E-state index in [2.05, 4.69) is 26.8 Å². The molecule has 2 heteroatoms. The fraction of sp³-hybridized carbons (Fsp3) is 0.538. The first-order valence-electron chi connectivity index (χ1n) is 5.56. The maximum atomic E-state index is 6.24. The van der Waals surface area contributed by atoms with E-state index in [1.54, 1.807) is 0 Å². The van der Waals surface area contributed by atoms with E-state index in [-0.39, 0.29) is 0 Å². The van der Waals surface area contributed by atoms with Gasteiger partial charge in [-0.1, -0.05) is 25.4 Å². The molecule has 0 saturated carbocycles. The summed E-state index contributed by atoms with van der Waals surface area (Å²) in [5.74, 6) is 1.44. The van der Waals surface area contributed by atoms with Gasteiger partial charge in [0.25, 0.3) is 0 Å². The largest absolute Gasteiger partial charge is 0.492 e. The van der Waals surface area contributed by atoms with E-state index in [0.717, 1.165) is 30.2 Å².